The van der Waals surface area contributed by atoms with Crippen molar-refractivity contribution in [3.8, 4) is 0 Å². The SMILES string of the molecule is Cc1ccc(F)c(CN2CC[C@H](N(C)c3cc(Cl)c(S(=O)(=O)Nc4cscn4)cc3F)C2)n1. The lowest BCUT2D eigenvalue weighted by Gasteiger charge is -2.28. The molecule has 4 rings (SSSR count). The maximum atomic E-state index is 15.0. The Morgan fingerprint density at radius 1 is 1.30 bits per heavy atom. The van der Waals surface area contributed by atoms with Crippen LogP contribution in [0.1, 0.15) is 17.8 Å². The molecule has 1 atom stereocenters. The molecule has 0 aliphatic carbocycles. The van der Waals surface area contributed by atoms with Gasteiger partial charge in [-0.2, -0.15) is 0 Å². The number of sulfonamides is 1. The summed E-state index contributed by atoms with van der Waals surface area (Å²) < 4.78 is 56.6. The lowest BCUT2D eigenvalue weighted by atomic mass is 10.2. The Morgan fingerprint density at radius 2 is 2.09 bits per heavy atom. The van der Waals surface area contributed by atoms with Crippen molar-refractivity contribution in [1.29, 1.82) is 0 Å². The van der Waals surface area contributed by atoms with Crippen LogP contribution in [0.4, 0.5) is 20.3 Å². The lowest BCUT2D eigenvalue weighted by Crippen LogP contribution is -2.35. The van der Waals surface area contributed by atoms with E-state index >= 15 is 4.39 Å². The lowest BCUT2D eigenvalue weighted by molar-refractivity contribution is 0.315. The van der Waals surface area contributed by atoms with Gasteiger partial charge in [0.15, 0.2) is 5.82 Å². The van der Waals surface area contributed by atoms with Crippen molar-refractivity contribution in [2.45, 2.75) is 30.8 Å². The number of aryl methyl sites for hydroxylation is 1. The number of halogens is 3. The van der Waals surface area contributed by atoms with Gasteiger partial charge in [0.1, 0.15) is 16.5 Å². The smallest absolute Gasteiger partial charge is 0.264 e. The third-order valence-electron chi connectivity index (χ3n) is 5.57. The van der Waals surface area contributed by atoms with Gasteiger partial charge < -0.3 is 4.90 Å². The van der Waals surface area contributed by atoms with Gasteiger partial charge in [0.05, 0.1) is 21.9 Å². The van der Waals surface area contributed by atoms with Gasteiger partial charge in [-0.1, -0.05) is 11.6 Å². The van der Waals surface area contributed by atoms with E-state index in [0.717, 1.165) is 18.2 Å². The van der Waals surface area contributed by atoms with Crippen LogP contribution in [0.2, 0.25) is 5.02 Å². The largest absolute Gasteiger partial charge is 0.368 e. The zero-order valence-electron chi connectivity index (χ0n) is 17.9. The quantitative estimate of drug-likeness (QED) is 0.508. The first kappa shape index (κ1) is 23.8. The average Bonchev–Trinajstić information content (AvgIpc) is 3.43. The molecule has 0 radical (unpaired) electrons. The molecule has 2 aromatic heterocycles. The van der Waals surface area contributed by atoms with Crippen molar-refractivity contribution in [3.05, 3.63) is 63.2 Å². The number of pyridine rings is 1. The molecule has 1 fully saturated rings. The molecule has 0 unspecified atom stereocenters. The molecule has 0 saturated carbocycles. The van der Waals surface area contributed by atoms with Crippen LogP contribution >= 0.6 is 22.9 Å². The third-order valence-corrected chi connectivity index (χ3v) is 7.97. The number of likely N-dealkylation sites (N-methyl/N-ethyl adjacent to an activating group) is 1. The Balaban J connectivity index is 1.49. The van der Waals surface area contributed by atoms with Crippen molar-refractivity contribution in [1.82, 2.24) is 14.9 Å². The van der Waals surface area contributed by atoms with Gasteiger partial charge in [-0.15, -0.1) is 11.3 Å². The molecule has 12 heteroatoms. The molecule has 3 aromatic rings. The van der Waals surface area contributed by atoms with Gasteiger partial charge in [-0.05, 0) is 37.6 Å². The fraction of sp³-hybridized carbons (Fsp3) is 0.333. The summed E-state index contributed by atoms with van der Waals surface area (Å²) in [7, 11) is -2.36. The Bertz CT molecular complexity index is 1260. The van der Waals surface area contributed by atoms with Crippen LogP contribution in [-0.4, -0.2) is 49.5 Å². The number of nitrogens with one attached hydrogen (secondary N) is 1. The van der Waals surface area contributed by atoms with Gasteiger partial charge in [-0.3, -0.25) is 14.6 Å². The molecule has 7 nitrogen and oxygen atoms in total. The second kappa shape index (κ2) is 9.49. The Kier molecular flexibility index (Phi) is 6.85. The summed E-state index contributed by atoms with van der Waals surface area (Å²) in [6.07, 6.45) is 0.729. The van der Waals surface area contributed by atoms with Crippen molar-refractivity contribution in [2.75, 3.05) is 29.8 Å². The van der Waals surface area contributed by atoms with Crippen LogP contribution in [-0.2, 0) is 16.6 Å². The highest BCUT2D eigenvalue weighted by molar-refractivity contribution is 7.92. The molecule has 3 heterocycles. The predicted molar refractivity (Wildman–Crippen MR) is 125 cm³/mol. The molecular weight excluding hydrogens is 492 g/mol. The van der Waals surface area contributed by atoms with Crippen LogP contribution in [0.25, 0.3) is 0 Å². The zero-order valence-corrected chi connectivity index (χ0v) is 20.3. The minimum atomic E-state index is -4.10. The highest BCUT2D eigenvalue weighted by Gasteiger charge is 2.30. The Hall–Kier alpha value is -2.34. The van der Waals surface area contributed by atoms with E-state index in [-0.39, 0.29) is 33.3 Å². The maximum Gasteiger partial charge on any atom is 0.264 e. The third kappa shape index (κ3) is 5.26. The zero-order chi connectivity index (χ0) is 23.8. The van der Waals surface area contributed by atoms with Crippen LogP contribution < -0.4 is 9.62 Å². The minimum absolute atomic E-state index is 0.0565. The van der Waals surface area contributed by atoms with Crippen molar-refractivity contribution in [3.63, 3.8) is 0 Å². The molecule has 1 aliphatic rings. The van der Waals surface area contributed by atoms with E-state index < -0.39 is 15.8 Å². The predicted octanol–water partition coefficient (Wildman–Crippen LogP) is 4.29. The summed E-state index contributed by atoms with van der Waals surface area (Å²) in [6, 6.07) is 5.22. The highest BCUT2D eigenvalue weighted by atomic mass is 35.5. The summed E-state index contributed by atoms with van der Waals surface area (Å²) in [5, 5.41) is 1.43. The summed E-state index contributed by atoms with van der Waals surface area (Å²) in [6.45, 7) is 3.45. The Labute approximate surface area is 200 Å². The molecular formula is C21H22ClF2N5O2S2. The number of rotatable bonds is 7. The molecule has 0 spiro atoms. The molecule has 0 amide bonds. The van der Waals surface area contributed by atoms with E-state index in [1.807, 2.05) is 6.92 Å². The van der Waals surface area contributed by atoms with E-state index in [0.29, 0.717) is 25.3 Å². The average molecular weight is 514 g/mol. The molecule has 1 aromatic carbocycles. The summed E-state index contributed by atoms with van der Waals surface area (Å²) in [4.78, 5) is 11.6. The molecule has 1 N–H and O–H groups in total. The monoisotopic (exact) mass is 513 g/mol. The molecule has 0 bridgehead atoms. The van der Waals surface area contributed by atoms with Crippen molar-refractivity contribution in [2.24, 2.45) is 0 Å². The highest BCUT2D eigenvalue weighted by Crippen LogP contribution is 2.33. The number of thiazole rings is 1. The van der Waals surface area contributed by atoms with E-state index in [2.05, 4.69) is 19.6 Å². The standard InChI is InChI=1S/C21H22ClF2N5O2S2/c1-13-3-4-16(23)18(26-13)10-29-6-5-14(9-29)28(2)19-7-15(22)20(8-17(19)24)33(30,31)27-21-11-32-12-25-21/h3-4,7-8,11-12,14,27H,5-6,9-10H2,1-2H3/t14-/m0/s1. The molecule has 176 valence electrons. The van der Waals surface area contributed by atoms with Gasteiger partial charge >= 0.3 is 0 Å². The van der Waals surface area contributed by atoms with E-state index in [1.165, 1.54) is 34.4 Å². The van der Waals surface area contributed by atoms with Crippen LogP contribution in [0.5, 0.6) is 0 Å². The second-order valence-electron chi connectivity index (χ2n) is 7.88. The first-order chi connectivity index (χ1) is 15.6. The number of benzene rings is 1. The first-order valence-corrected chi connectivity index (χ1v) is 12.9. The van der Waals surface area contributed by atoms with E-state index in [1.54, 1.807) is 18.0 Å². The van der Waals surface area contributed by atoms with Gasteiger partial charge in [0, 0.05) is 43.8 Å². The Morgan fingerprint density at radius 3 is 2.82 bits per heavy atom. The topological polar surface area (TPSA) is 78.4 Å². The fourth-order valence-electron chi connectivity index (χ4n) is 3.83. The number of hydrogen-bond acceptors (Lipinski definition) is 7. The number of hydrogen-bond donors (Lipinski definition) is 1. The van der Waals surface area contributed by atoms with Crippen molar-refractivity contribution < 1.29 is 17.2 Å². The van der Waals surface area contributed by atoms with Gasteiger partial charge in [-0.25, -0.2) is 22.2 Å². The van der Waals surface area contributed by atoms with Crippen LogP contribution in [0.15, 0.2) is 40.1 Å². The fourth-order valence-corrected chi connectivity index (χ4v) is 5.93. The molecule has 1 saturated heterocycles. The summed E-state index contributed by atoms with van der Waals surface area (Å²) in [5.74, 6) is -0.910. The first-order valence-electron chi connectivity index (χ1n) is 10.1. The maximum absolute atomic E-state index is 15.0. The van der Waals surface area contributed by atoms with Gasteiger partial charge in [0.25, 0.3) is 10.0 Å². The summed E-state index contributed by atoms with van der Waals surface area (Å²) >= 11 is 7.48. The normalized spacial score (nSPS) is 16.8. The second-order valence-corrected chi connectivity index (χ2v) is 10.7. The minimum Gasteiger partial charge on any atom is -0.368 e. The van der Waals surface area contributed by atoms with Gasteiger partial charge in [0.2, 0.25) is 0 Å². The number of likely N-dealkylation sites (tertiary alicyclic amines) is 1. The number of anilines is 2. The van der Waals surface area contributed by atoms with Crippen LogP contribution in [0.3, 0.4) is 0 Å². The van der Waals surface area contributed by atoms with Crippen molar-refractivity contribution >= 4 is 44.5 Å². The molecule has 33 heavy (non-hydrogen) atoms. The van der Waals surface area contributed by atoms with Crippen LogP contribution in [0, 0.1) is 18.6 Å². The summed E-state index contributed by atoms with van der Waals surface area (Å²) in [5.41, 5.74) is 2.80. The van der Waals surface area contributed by atoms with E-state index in [4.69, 9.17) is 11.6 Å². The number of aromatic nitrogens is 2. The number of nitrogens with zero attached hydrogens (tertiary/aromatic N) is 4. The van der Waals surface area contributed by atoms with E-state index in [9.17, 15) is 12.8 Å². The molecule has 1 aliphatic heterocycles.